The number of aliphatic hydroxyl groups is 1. The molecule has 0 unspecified atom stereocenters. The first kappa shape index (κ1) is 19.8. The fourth-order valence-electron chi connectivity index (χ4n) is 4.07. The van der Waals surface area contributed by atoms with Gasteiger partial charge < -0.3 is 20.2 Å². The lowest BCUT2D eigenvalue weighted by Crippen LogP contribution is -2.51. The minimum atomic E-state index is -0.915. The molecule has 2 aliphatic heterocycles. The maximum absolute atomic E-state index is 12.4. The Morgan fingerprint density at radius 2 is 1.89 bits per heavy atom. The summed E-state index contributed by atoms with van der Waals surface area (Å²) in [7, 11) is 0. The minimum absolute atomic E-state index is 0.0712. The second kappa shape index (κ2) is 9.28. The van der Waals surface area contributed by atoms with Crippen LogP contribution in [0.1, 0.15) is 38.3 Å². The van der Waals surface area contributed by atoms with E-state index in [1.807, 2.05) is 18.2 Å². The SMILES string of the molecule is C[C@H](O)C(=O)N1CCC(N2CCC(C(=O)NCc3ccccn3)CC2)CC1. The Hall–Kier alpha value is -1.99. The van der Waals surface area contributed by atoms with Crippen LogP contribution in [0.5, 0.6) is 0 Å². The van der Waals surface area contributed by atoms with Crippen LogP contribution in [0.15, 0.2) is 24.4 Å². The van der Waals surface area contributed by atoms with Crippen LogP contribution in [0.2, 0.25) is 0 Å². The van der Waals surface area contributed by atoms with Crippen molar-refractivity contribution in [3.8, 4) is 0 Å². The molecule has 2 N–H and O–H groups in total. The number of nitrogens with one attached hydrogen (secondary N) is 1. The number of nitrogens with zero attached hydrogens (tertiary/aromatic N) is 3. The summed E-state index contributed by atoms with van der Waals surface area (Å²) in [5.41, 5.74) is 0.877. The van der Waals surface area contributed by atoms with E-state index < -0.39 is 6.10 Å². The number of amides is 2. The molecule has 0 aromatic carbocycles. The summed E-state index contributed by atoms with van der Waals surface area (Å²) in [5, 5.41) is 12.4. The number of hydrogen-bond acceptors (Lipinski definition) is 5. The number of carbonyl (C=O) groups excluding carboxylic acids is 2. The summed E-state index contributed by atoms with van der Waals surface area (Å²) in [6.07, 6.45) is 4.45. The van der Waals surface area contributed by atoms with Crippen LogP contribution in [-0.4, -0.2) is 70.0 Å². The Morgan fingerprint density at radius 1 is 1.19 bits per heavy atom. The van der Waals surface area contributed by atoms with E-state index >= 15 is 0 Å². The Bertz CT molecular complexity index is 621. The van der Waals surface area contributed by atoms with E-state index in [9.17, 15) is 14.7 Å². The summed E-state index contributed by atoms with van der Waals surface area (Å²) < 4.78 is 0. The van der Waals surface area contributed by atoms with Gasteiger partial charge in [0.05, 0.1) is 12.2 Å². The fourth-order valence-corrected chi connectivity index (χ4v) is 4.07. The highest BCUT2D eigenvalue weighted by atomic mass is 16.3. The second-order valence-corrected chi connectivity index (χ2v) is 7.58. The molecule has 1 aromatic rings. The van der Waals surface area contributed by atoms with E-state index in [1.54, 1.807) is 11.1 Å². The van der Waals surface area contributed by atoms with Crippen molar-refractivity contribution in [2.75, 3.05) is 26.2 Å². The van der Waals surface area contributed by atoms with Gasteiger partial charge in [-0.3, -0.25) is 14.6 Å². The van der Waals surface area contributed by atoms with Crippen molar-refractivity contribution in [3.63, 3.8) is 0 Å². The van der Waals surface area contributed by atoms with Crippen LogP contribution in [0, 0.1) is 5.92 Å². The van der Waals surface area contributed by atoms with Gasteiger partial charge in [-0.1, -0.05) is 6.07 Å². The summed E-state index contributed by atoms with van der Waals surface area (Å²) in [4.78, 5) is 32.7. The summed E-state index contributed by atoms with van der Waals surface area (Å²) in [6, 6.07) is 6.18. The maximum atomic E-state index is 12.4. The molecular formula is C20H30N4O3. The summed E-state index contributed by atoms with van der Waals surface area (Å²) >= 11 is 0. The Balaban J connectivity index is 1.39. The lowest BCUT2D eigenvalue weighted by Gasteiger charge is -2.41. The molecule has 1 aromatic heterocycles. The zero-order valence-corrected chi connectivity index (χ0v) is 16.0. The molecule has 2 fully saturated rings. The van der Waals surface area contributed by atoms with E-state index in [1.165, 1.54) is 6.92 Å². The van der Waals surface area contributed by atoms with Crippen LogP contribution in [0.4, 0.5) is 0 Å². The monoisotopic (exact) mass is 374 g/mol. The first-order valence-electron chi connectivity index (χ1n) is 9.93. The number of aromatic nitrogens is 1. The first-order valence-corrected chi connectivity index (χ1v) is 9.93. The van der Waals surface area contributed by atoms with Gasteiger partial charge in [0, 0.05) is 31.2 Å². The molecule has 27 heavy (non-hydrogen) atoms. The molecule has 3 rings (SSSR count). The van der Waals surface area contributed by atoms with Crippen molar-refractivity contribution in [2.24, 2.45) is 5.92 Å². The van der Waals surface area contributed by atoms with Gasteiger partial charge in [-0.25, -0.2) is 0 Å². The number of piperidine rings is 2. The Morgan fingerprint density at radius 3 is 2.48 bits per heavy atom. The largest absolute Gasteiger partial charge is 0.384 e. The van der Waals surface area contributed by atoms with Crippen molar-refractivity contribution in [2.45, 2.75) is 51.3 Å². The molecule has 0 spiro atoms. The highest BCUT2D eigenvalue weighted by Crippen LogP contribution is 2.24. The number of hydrogen-bond donors (Lipinski definition) is 2. The summed E-state index contributed by atoms with van der Waals surface area (Å²) in [6.45, 7) is 5.28. The molecule has 2 saturated heterocycles. The molecule has 0 bridgehead atoms. The Kier molecular flexibility index (Phi) is 6.79. The number of pyridine rings is 1. The van der Waals surface area contributed by atoms with Crippen LogP contribution in [0.25, 0.3) is 0 Å². The van der Waals surface area contributed by atoms with E-state index in [0.717, 1.165) is 44.5 Å². The van der Waals surface area contributed by atoms with Crippen molar-refractivity contribution in [1.29, 1.82) is 0 Å². The van der Waals surface area contributed by atoms with Crippen LogP contribution < -0.4 is 5.32 Å². The quantitative estimate of drug-likeness (QED) is 0.796. The zero-order chi connectivity index (χ0) is 19.2. The minimum Gasteiger partial charge on any atom is -0.384 e. The van der Waals surface area contributed by atoms with Gasteiger partial charge in [-0.15, -0.1) is 0 Å². The van der Waals surface area contributed by atoms with E-state index in [4.69, 9.17) is 0 Å². The number of rotatable bonds is 5. The fraction of sp³-hybridized carbons (Fsp3) is 0.650. The van der Waals surface area contributed by atoms with Gasteiger partial charge in [0.1, 0.15) is 6.10 Å². The lowest BCUT2D eigenvalue weighted by atomic mass is 9.92. The molecule has 7 nitrogen and oxygen atoms in total. The predicted molar refractivity (Wildman–Crippen MR) is 102 cm³/mol. The van der Waals surface area contributed by atoms with E-state index in [0.29, 0.717) is 25.7 Å². The maximum Gasteiger partial charge on any atom is 0.251 e. The molecular weight excluding hydrogens is 344 g/mol. The molecule has 3 heterocycles. The average molecular weight is 374 g/mol. The van der Waals surface area contributed by atoms with Crippen LogP contribution >= 0.6 is 0 Å². The third kappa shape index (κ3) is 5.26. The molecule has 0 saturated carbocycles. The topological polar surface area (TPSA) is 85.8 Å². The first-order chi connectivity index (χ1) is 13.0. The Labute approximate surface area is 160 Å². The van der Waals surface area contributed by atoms with E-state index in [-0.39, 0.29) is 17.7 Å². The summed E-state index contributed by atoms with van der Waals surface area (Å²) in [5.74, 6) is 0.0243. The number of carbonyl (C=O) groups is 2. The van der Waals surface area contributed by atoms with Gasteiger partial charge in [-0.2, -0.15) is 0 Å². The van der Waals surface area contributed by atoms with Gasteiger partial charge >= 0.3 is 0 Å². The molecule has 148 valence electrons. The van der Waals surface area contributed by atoms with Crippen molar-refractivity contribution >= 4 is 11.8 Å². The van der Waals surface area contributed by atoms with Crippen LogP contribution in [-0.2, 0) is 16.1 Å². The second-order valence-electron chi connectivity index (χ2n) is 7.58. The standard InChI is InChI=1S/C20H30N4O3/c1-15(25)20(27)24-12-7-18(8-13-24)23-10-5-16(6-11-23)19(26)22-14-17-4-2-3-9-21-17/h2-4,9,15-16,18,25H,5-8,10-14H2,1H3,(H,22,26)/t15-/m0/s1. The van der Waals surface area contributed by atoms with Crippen molar-refractivity contribution in [3.05, 3.63) is 30.1 Å². The highest BCUT2D eigenvalue weighted by Gasteiger charge is 2.32. The number of aliphatic hydroxyl groups excluding tert-OH is 1. The molecule has 2 aliphatic rings. The third-order valence-corrected chi connectivity index (χ3v) is 5.72. The zero-order valence-electron chi connectivity index (χ0n) is 16.0. The van der Waals surface area contributed by atoms with Crippen molar-refractivity contribution in [1.82, 2.24) is 20.1 Å². The smallest absolute Gasteiger partial charge is 0.251 e. The number of likely N-dealkylation sites (tertiary alicyclic amines) is 2. The highest BCUT2D eigenvalue weighted by molar-refractivity contribution is 5.80. The molecule has 0 aliphatic carbocycles. The molecule has 7 heteroatoms. The molecule has 0 radical (unpaired) electrons. The van der Waals surface area contributed by atoms with Crippen LogP contribution in [0.3, 0.4) is 0 Å². The third-order valence-electron chi connectivity index (χ3n) is 5.72. The molecule has 1 atom stereocenters. The van der Waals surface area contributed by atoms with Gasteiger partial charge in [0.15, 0.2) is 0 Å². The van der Waals surface area contributed by atoms with E-state index in [2.05, 4.69) is 15.2 Å². The van der Waals surface area contributed by atoms with Gasteiger partial charge in [-0.05, 0) is 57.8 Å². The predicted octanol–water partition coefficient (Wildman–Crippen LogP) is 0.782. The molecule has 2 amide bonds. The average Bonchev–Trinajstić information content (AvgIpc) is 2.72. The van der Waals surface area contributed by atoms with Gasteiger partial charge in [0.25, 0.3) is 5.91 Å². The normalized spacial score (nSPS) is 21.0. The van der Waals surface area contributed by atoms with Crippen molar-refractivity contribution < 1.29 is 14.7 Å². The lowest BCUT2D eigenvalue weighted by molar-refractivity contribution is -0.141. The van der Waals surface area contributed by atoms with Gasteiger partial charge in [0.2, 0.25) is 5.91 Å².